The highest BCUT2D eigenvalue weighted by molar-refractivity contribution is 5.76. The van der Waals surface area contributed by atoms with E-state index in [1.165, 1.54) is 37.0 Å². The summed E-state index contributed by atoms with van der Waals surface area (Å²) in [6, 6.07) is 5.54. The van der Waals surface area contributed by atoms with Gasteiger partial charge in [-0.1, -0.05) is 38.0 Å². The van der Waals surface area contributed by atoms with Crippen LogP contribution in [0.5, 0.6) is 0 Å². The van der Waals surface area contributed by atoms with Crippen molar-refractivity contribution >= 4 is 11.7 Å². The summed E-state index contributed by atoms with van der Waals surface area (Å²) in [6.07, 6.45) is 2.58. The molecule has 0 N–H and O–H groups in total. The van der Waals surface area contributed by atoms with Crippen molar-refractivity contribution < 1.29 is 22.7 Å². The number of hydrogen-bond acceptors (Lipinski definition) is 4. The molecule has 5 rings (SSSR count). The first kappa shape index (κ1) is 22.8. The highest BCUT2D eigenvalue weighted by atomic mass is 19.4. The van der Waals surface area contributed by atoms with E-state index in [0.29, 0.717) is 31.2 Å². The first-order valence-corrected chi connectivity index (χ1v) is 12.2. The zero-order valence-electron chi connectivity index (χ0n) is 19.4. The molecule has 7 heteroatoms. The van der Waals surface area contributed by atoms with Crippen LogP contribution in [-0.4, -0.2) is 49.7 Å². The zero-order valence-corrected chi connectivity index (χ0v) is 19.4. The number of halogens is 3. The minimum absolute atomic E-state index is 0.0204. The van der Waals surface area contributed by atoms with Crippen LogP contribution < -0.4 is 4.90 Å². The Morgan fingerprint density at radius 1 is 1.18 bits per heavy atom. The highest BCUT2D eigenvalue weighted by Crippen LogP contribution is 2.54. The molecule has 4 nitrogen and oxygen atoms in total. The summed E-state index contributed by atoms with van der Waals surface area (Å²) in [5, 5.41) is 0. The molecule has 180 valence electrons. The molecule has 1 saturated carbocycles. The Balaban J connectivity index is 1.24. The van der Waals surface area contributed by atoms with E-state index in [2.05, 4.69) is 24.8 Å². The molecule has 33 heavy (non-hydrogen) atoms. The van der Waals surface area contributed by atoms with Crippen LogP contribution in [0.2, 0.25) is 0 Å². The van der Waals surface area contributed by atoms with Crippen LogP contribution in [-0.2, 0) is 15.7 Å². The van der Waals surface area contributed by atoms with Crippen LogP contribution in [0.15, 0.2) is 35.9 Å². The molecule has 4 aliphatic rings. The number of hydrogen-bond donors (Lipinski definition) is 0. The molecule has 0 radical (unpaired) electrons. The minimum atomic E-state index is -4.34. The number of benzene rings is 1. The largest absolute Gasteiger partial charge is 0.461 e. The van der Waals surface area contributed by atoms with Gasteiger partial charge in [-0.3, -0.25) is 9.69 Å². The average molecular weight is 463 g/mol. The van der Waals surface area contributed by atoms with Crippen molar-refractivity contribution in [1.82, 2.24) is 4.90 Å². The summed E-state index contributed by atoms with van der Waals surface area (Å²) in [5.41, 5.74) is 1.67. The van der Waals surface area contributed by atoms with Crippen LogP contribution in [0.25, 0.3) is 0 Å². The number of carbonyl (C=O) groups is 1. The van der Waals surface area contributed by atoms with E-state index in [-0.39, 0.29) is 29.3 Å². The number of nitrogens with zero attached hydrogens (tertiary/aromatic N) is 2. The van der Waals surface area contributed by atoms with Gasteiger partial charge < -0.3 is 9.64 Å². The number of fused-ring (bicyclic) bond motifs is 2. The van der Waals surface area contributed by atoms with E-state index in [4.69, 9.17) is 4.74 Å². The number of anilines is 1. The van der Waals surface area contributed by atoms with Gasteiger partial charge in [0.15, 0.2) is 0 Å². The summed E-state index contributed by atoms with van der Waals surface area (Å²) in [4.78, 5) is 17.1. The van der Waals surface area contributed by atoms with Gasteiger partial charge in [0.1, 0.15) is 6.10 Å². The lowest BCUT2D eigenvalue weighted by Gasteiger charge is -2.46. The maximum atomic E-state index is 13.1. The molecule has 0 bridgehead atoms. The molecule has 5 atom stereocenters. The van der Waals surface area contributed by atoms with Crippen LogP contribution in [0, 0.1) is 23.2 Å². The Labute approximate surface area is 193 Å². The first-order chi connectivity index (χ1) is 15.6. The molecule has 0 amide bonds. The molecule has 2 aliphatic carbocycles. The van der Waals surface area contributed by atoms with Crippen molar-refractivity contribution in [2.24, 2.45) is 23.2 Å². The Hall–Kier alpha value is -2.02. The monoisotopic (exact) mass is 462 g/mol. The lowest BCUT2D eigenvalue weighted by molar-refractivity contribution is -0.145. The molecular weight excluding hydrogens is 429 g/mol. The molecule has 1 aromatic rings. The van der Waals surface area contributed by atoms with Gasteiger partial charge in [0.05, 0.1) is 11.5 Å². The number of allylic oxidation sites excluding steroid dienone is 1. The smallest absolute Gasteiger partial charge is 0.416 e. The number of ether oxygens (including phenoxy) is 1. The lowest BCUT2D eigenvalue weighted by atomic mass is 9.59. The van der Waals surface area contributed by atoms with Crippen LogP contribution in [0.1, 0.15) is 45.1 Å². The van der Waals surface area contributed by atoms with Crippen molar-refractivity contribution in [3.05, 3.63) is 41.5 Å². The molecule has 0 unspecified atom stereocenters. The van der Waals surface area contributed by atoms with E-state index in [1.807, 2.05) is 4.90 Å². The highest BCUT2D eigenvalue weighted by Gasteiger charge is 2.52. The lowest BCUT2D eigenvalue weighted by Crippen LogP contribution is -2.49. The summed E-state index contributed by atoms with van der Waals surface area (Å²) in [6.45, 7) is 8.04. The molecule has 3 fully saturated rings. The van der Waals surface area contributed by atoms with Gasteiger partial charge >= 0.3 is 12.1 Å². The second-order valence-corrected chi connectivity index (χ2v) is 10.7. The fourth-order valence-corrected chi connectivity index (χ4v) is 6.60. The molecule has 0 spiro atoms. The van der Waals surface area contributed by atoms with Gasteiger partial charge in [-0.25, -0.2) is 0 Å². The van der Waals surface area contributed by atoms with Gasteiger partial charge in [0.25, 0.3) is 0 Å². The van der Waals surface area contributed by atoms with Gasteiger partial charge in [-0.2, -0.15) is 13.2 Å². The van der Waals surface area contributed by atoms with Gasteiger partial charge in [0.2, 0.25) is 0 Å². The summed E-state index contributed by atoms with van der Waals surface area (Å²) in [5.74, 6) is 0.470. The normalized spacial score (nSPS) is 35.0. The van der Waals surface area contributed by atoms with E-state index in [0.717, 1.165) is 25.6 Å². The summed E-state index contributed by atoms with van der Waals surface area (Å²) >= 11 is 0. The Kier molecular flexibility index (Phi) is 5.74. The molecular formula is C26H33F3N2O2. The first-order valence-electron chi connectivity index (χ1n) is 12.2. The van der Waals surface area contributed by atoms with Crippen LogP contribution in [0.3, 0.4) is 0 Å². The molecule has 2 aliphatic heterocycles. The van der Waals surface area contributed by atoms with E-state index < -0.39 is 11.7 Å². The van der Waals surface area contributed by atoms with Gasteiger partial charge in [0, 0.05) is 44.3 Å². The Morgan fingerprint density at radius 2 is 1.94 bits per heavy atom. The van der Waals surface area contributed by atoms with Crippen molar-refractivity contribution in [2.75, 3.05) is 37.6 Å². The van der Waals surface area contributed by atoms with Crippen molar-refractivity contribution in [2.45, 2.75) is 51.8 Å². The number of esters is 1. The van der Waals surface area contributed by atoms with Gasteiger partial charge in [-0.15, -0.1) is 0 Å². The fraction of sp³-hybridized carbons (Fsp3) is 0.654. The summed E-state index contributed by atoms with van der Waals surface area (Å²) < 4.78 is 45.1. The van der Waals surface area contributed by atoms with E-state index >= 15 is 0 Å². The summed E-state index contributed by atoms with van der Waals surface area (Å²) in [7, 11) is 0. The molecule has 2 saturated heterocycles. The maximum Gasteiger partial charge on any atom is 0.416 e. The minimum Gasteiger partial charge on any atom is -0.461 e. The molecule has 0 aromatic heterocycles. The predicted molar refractivity (Wildman–Crippen MR) is 121 cm³/mol. The van der Waals surface area contributed by atoms with E-state index in [9.17, 15) is 18.0 Å². The fourth-order valence-electron chi connectivity index (χ4n) is 6.60. The third kappa shape index (κ3) is 4.29. The number of alkyl halides is 3. The van der Waals surface area contributed by atoms with E-state index in [1.54, 1.807) is 6.07 Å². The average Bonchev–Trinajstić information content (AvgIpc) is 3.06. The Bertz CT molecular complexity index is 938. The third-order valence-corrected chi connectivity index (χ3v) is 8.45. The van der Waals surface area contributed by atoms with Gasteiger partial charge in [-0.05, 0) is 48.8 Å². The van der Waals surface area contributed by atoms with Crippen molar-refractivity contribution in [3.8, 4) is 0 Å². The zero-order chi connectivity index (χ0) is 23.4. The molecule has 1 aromatic carbocycles. The number of piperazine rings is 1. The van der Waals surface area contributed by atoms with Crippen LogP contribution >= 0.6 is 0 Å². The third-order valence-electron chi connectivity index (χ3n) is 8.45. The number of carbonyl (C=O) groups excluding carboxylic acids is 1. The number of rotatable bonds is 3. The standard InChI is InChI=1S/C26H33F3N2O2/c1-17-5-4-8-25(2)15-23-20(14-22(17)25)21(24(32)33-23)16-30-9-11-31(12-10-30)19-7-3-6-18(13-19)26(27,28)29/h3,6-7,13-14,17,20-21,23H,4-5,8-12,15-16H2,1-2H3/t17-,20+,21+,23+,25+/m1/s1. The second-order valence-electron chi connectivity index (χ2n) is 10.7. The van der Waals surface area contributed by atoms with Crippen molar-refractivity contribution in [3.63, 3.8) is 0 Å². The molecule has 2 heterocycles. The quantitative estimate of drug-likeness (QED) is 0.460. The Morgan fingerprint density at radius 3 is 2.67 bits per heavy atom. The van der Waals surface area contributed by atoms with Crippen LogP contribution in [0.4, 0.5) is 18.9 Å². The second kappa shape index (κ2) is 8.33. The SMILES string of the molecule is C[C@@H]1CCC[C@@]2(C)C[C@@H]3OC(=O)[C@@H](CN4CCN(c5cccc(C(F)(F)F)c5)CC4)[C@@H]3C=C12. The predicted octanol–water partition coefficient (Wildman–Crippen LogP) is 5.14. The topological polar surface area (TPSA) is 32.8 Å². The van der Waals surface area contributed by atoms with Crippen molar-refractivity contribution in [1.29, 1.82) is 0 Å². The maximum absolute atomic E-state index is 13.1.